The van der Waals surface area contributed by atoms with Crippen molar-refractivity contribution in [2.24, 2.45) is 0 Å². The number of benzene rings is 2. The van der Waals surface area contributed by atoms with Crippen molar-refractivity contribution in [3.63, 3.8) is 0 Å². The van der Waals surface area contributed by atoms with Crippen molar-refractivity contribution < 1.29 is 9.53 Å². The lowest BCUT2D eigenvalue weighted by Gasteiger charge is -2.15. The Labute approximate surface area is 223 Å². The minimum atomic E-state index is -0.377. The van der Waals surface area contributed by atoms with Crippen LogP contribution in [-0.4, -0.2) is 31.4 Å². The van der Waals surface area contributed by atoms with Crippen LogP contribution in [-0.2, 0) is 11.3 Å². The summed E-state index contributed by atoms with van der Waals surface area (Å²) in [6.45, 7) is 10.4. The number of allylic oxidation sites excluding steroid dienone is 1. The molecule has 4 rings (SSSR count). The summed E-state index contributed by atoms with van der Waals surface area (Å²) < 4.78 is 7.89. The van der Waals surface area contributed by atoms with Crippen LogP contribution in [0.3, 0.4) is 0 Å². The summed E-state index contributed by atoms with van der Waals surface area (Å²) in [5.74, 6) is 1.27. The lowest BCUT2D eigenvalue weighted by molar-refractivity contribution is -0.113. The predicted octanol–water partition coefficient (Wildman–Crippen LogP) is 6.73. The highest BCUT2D eigenvalue weighted by Gasteiger charge is 2.20. The molecule has 186 valence electrons. The molecular formula is C26H26ClN5O2S2. The number of nitrogens with zero attached hydrogens (tertiary/aromatic N) is 4. The highest BCUT2D eigenvalue weighted by molar-refractivity contribution is 7.99. The molecule has 0 fully saturated rings. The van der Waals surface area contributed by atoms with E-state index in [9.17, 15) is 4.79 Å². The number of carbonyl (C=O) groups excluding carboxylic acids is 1. The molecule has 2 aromatic heterocycles. The maximum Gasteiger partial charge on any atom is 0.236 e. The molecule has 0 aliphatic heterocycles. The number of amides is 1. The van der Waals surface area contributed by atoms with E-state index in [0.29, 0.717) is 33.4 Å². The first-order chi connectivity index (χ1) is 17.3. The van der Waals surface area contributed by atoms with Gasteiger partial charge in [0.05, 0.1) is 11.4 Å². The third-order valence-electron chi connectivity index (χ3n) is 5.42. The highest BCUT2D eigenvalue weighted by atomic mass is 35.5. The lowest BCUT2D eigenvalue weighted by Crippen LogP contribution is -2.15. The molecule has 1 atom stereocenters. The molecule has 2 heterocycles. The van der Waals surface area contributed by atoms with Crippen LogP contribution in [0, 0.1) is 13.8 Å². The largest absolute Gasteiger partial charge is 0.483 e. The fraction of sp³-hybridized carbons (Fsp3) is 0.231. The SMILES string of the molecule is C=CCn1c(SCC(=O)Nc2nc(-c3ccc(C)c(C)c3)cs2)nnc1C(C)Oc1cccc(Cl)c1. The second-order valence-electron chi connectivity index (χ2n) is 8.13. The number of halogens is 1. The van der Waals surface area contributed by atoms with Crippen molar-refractivity contribution in [3.8, 4) is 17.0 Å². The van der Waals surface area contributed by atoms with Gasteiger partial charge in [-0.05, 0) is 56.2 Å². The predicted molar refractivity (Wildman–Crippen MR) is 147 cm³/mol. The van der Waals surface area contributed by atoms with Crippen LogP contribution in [0.25, 0.3) is 11.3 Å². The minimum Gasteiger partial charge on any atom is -0.483 e. The number of carbonyl (C=O) groups is 1. The van der Waals surface area contributed by atoms with Gasteiger partial charge in [-0.2, -0.15) is 0 Å². The molecule has 36 heavy (non-hydrogen) atoms. The Bertz CT molecular complexity index is 1380. The number of rotatable bonds is 10. The number of aromatic nitrogens is 4. The van der Waals surface area contributed by atoms with Crippen molar-refractivity contribution in [3.05, 3.63) is 82.5 Å². The van der Waals surface area contributed by atoms with Gasteiger partial charge in [0, 0.05) is 22.5 Å². The minimum absolute atomic E-state index is 0.164. The number of aryl methyl sites for hydroxylation is 2. The Hall–Kier alpha value is -3.14. The van der Waals surface area contributed by atoms with Gasteiger partial charge in [-0.3, -0.25) is 9.36 Å². The summed E-state index contributed by atoms with van der Waals surface area (Å²) in [4.78, 5) is 17.2. The van der Waals surface area contributed by atoms with Crippen LogP contribution >= 0.6 is 34.7 Å². The fourth-order valence-electron chi connectivity index (χ4n) is 3.46. The van der Waals surface area contributed by atoms with E-state index in [1.54, 1.807) is 18.2 Å². The molecular weight excluding hydrogens is 514 g/mol. The number of anilines is 1. The molecule has 1 amide bonds. The third-order valence-corrected chi connectivity index (χ3v) is 7.37. The molecule has 4 aromatic rings. The van der Waals surface area contributed by atoms with E-state index in [0.717, 1.165) is 11.3 Å². The smallest absolute Gasteiger partial charge is 0.236 e. The summed E-state index contributed by atoms with van der Waals surface area (Å²) in [6.07, 6.45) is 1.38. The van der Waals surface area contributed by atoms with Crippen LogP contribution in [0.5, 0.6) is 5.75 Å². The summed E-state index contributed by atoms with van der Waals surface area (Å²) in [6, 6.07) is 13.4. The van der Waals surface area contributed by atoms with Gasteiger partial charge in [0.25, 0.3) is 0 Å². The van der Waals surface area contributed by atoms with E-state index < -0.39 is 0 Å². The number of ether oxygens (including phenoxy) is 1. The first kappa shape index (κ1) is 25.9. The first-order valence-electron chi connectivity index (χ1n) is 11.3. The maximum atomic E-state index is 12.6. The summed E-state index contributed by atoms with van der Waals surface area (Å²) in [5.41, 5.74) is 4.31. The normalized spacial score (nSPS) is 11.8. The monoisotopic (exact) mass is 539 g/mol. The molecule has 7 nitrogen and oxygen atoms in total. The molecule has 1 N–H and O–H groups in total. The van der Waals surface area contributed by atoms with E-state index in [1.807, 2.05) is 35.1 Å². The van der Waals surface area contributed by atoms with Gasteiger partial charge in [-0.15, -0.1) is 28.1 Å². The zero-order valence-corrected chi connectivity index (χ0v) is 22.6. The molecule has 10 heteroatoms. The molecule has 0 saturated heterocycles. The molecule has 0 aliphatic carbocycles. The Morgan fingerprint density at radius 2 is 2.08 bits per heavy atom. The number of thiazole rings is 1. The van der Waals surface area contributed by atoms with Crippen molar-refractivity contribution in [2.45, 2.75) is 38.6 Å². The van der Waals surface area contributed by atoms with Crippen LogP contribution in [0.1, 0.15) is 30.0 Å². The van der Waals surface area contributed by atoms with Crippen molar-refractivity contribution in [2.75, 3.05) is 11.1 Å². The van der Waals surface area contributed by atoms with Crippen LogP contribution < -0.4 is 10.1 Å². The quantitative estimate of drug-likeness (QED) is 0.178. The van der Waals surface area contributed by atoms with E-state index in [-0.39, 0.29) is 17.8 Å². The highest BCUT2D eigenvalue weighted by Crippen LogP contribution is 2.28. The topological polar surface area (TPSA) is 81.9 Å². The Morgan fingerprint density at radius 3 is 2.83 bits per heavy atom. The summed E-state index contributed by atoms with van der Waals surface area (Å²) in [7, 11) is 0. The molecule has 0 spiro atoms. The first-order valence-corrected chi connectivity index (χ1v) is 13.5. The zero-order chi connectivity index (χ0) is 25.7. The summed E-state index contributed by atoms with van der Waals surface area (Å²) >= 11 is 8.76. The molecule has 1 unspecified atom stereocenters. The molecule has 0 radical (unpaired) electrons. The van der Waals surface area contributed by atoms with Gasteiger partial charge in [0.1, 0.15) is 5.75 Å². The van der Waals surface area contributed by atoms with Crippen molar-refractivity contribution in [1.82, 2.24) is 19.7 Å². The number of nitrogens with one attached hydrogen (secondary N) is 1. The van der Waals surface area contributed by atoms with Gasteiger partial charge in [-0.1, -0.05) is 47.6 Å². The average molecular weight is 540 g/mol. The molecule has 0 saturated carbocycles. The van der Waals surface area contributed by atoms with Gasteiger partial charge in [-0.25, -0.2) is 4.98 Å². The molecule has 0 bridgehead atoms. The second kappa shape index (κ2) is 11.7. The second-order valence-corrected chi connectivity index (χ2v) is 10.4. The Balaban J connectivity index is 1.39. The number of hydrogen-bond acceptors (Lipinski definition) is 7. The Kier molecular flexibility index (Phi) is 8.45. The number of thioether (sulfide) groups is 1. The van der Waals surface area contributed by atoms with Crippen molar-refractivity contribution in [1.29, 1.82) is 0 Å². The average Bonchev–Trinajstić information content (AvgIpc) is 3.47. The number of hydrogen-bond donors (Lipinski definition) is 1. The van der Waals surface area contributed by atoms with Crippen LogP contribution in [0.15, 0.2) is 65.7 Å². The fourth-order valence-corrected chi connectivity index (χ4v) is 5.13. The van der Waals surface area contributed by atoms with Gasteiger partial charge >= 0.3 is 0 Å². The van der Waals surface area contributed by atoms with Gasteiger partial charge in [0.15, 0.2) is 22.2 Å². The van der Waals surface area contributed by atoms with Gasteiger partial charge < -0.3 is 10.1 Å². The lowest BCUT2D eigenvalue weighted by atomic mass is 10.1. The molecule has 2 aromatic carbocycles. The van der Waals surface area contributed by atoms with Crippen molar-refractivity contribution >= 4 is 45.7 Å². The zero-order valence-electron chi connectivity index (χ0n) is 20.2. The van der Waals surface area contributed by atoms with E-state index in [2.05, 4.69) is 53.1 Å². The van der Waals surface area contributed by atoms with Crippen LogP contribution in [0.2, 0.25) is 5.02 Å². The standard InChI is InChI=1S/C26H26ClN5O2S2/c1-5-11-32-24(18(4)34-21-8-6-7-20(27)13-21)30-31-26(32)36-15-23(33)29-25-28-22(14-35-25)19-10-9-16(2)17(3)12-19/h5-10,12-14,18H,1,11,15H2,2-4H3,(H,28,29,33). The summed E-state index contributed by atoms with van der Waals surface area (Å²) in [5, 5.41) is 15.2. The van der Waals surface area contributed by atoms with E-state index in [1.165, 1.54) is 34.2 Å². The third kappa shape index (κ3) is 6.34. The Morgan fingerprint density at radius 1 is 1.25 bits per heavy atom. The molecule has 0 aliphatic rings. The van der Waals surface area contributed by atoms with Crippen LogP contribution in [0.4, 0.5) is 5.13 Å². The maximum absolute atomic E-state index is 12.6. The van der Waals surface area contributed by atoms with E-state index in [4.69, 9.17) is 16.3 Å². The van der Waals surface area contributed by atoms with E-state index >= 15 is 0 Å². The van der Waals surface area contributed by atoms with Gasteiger partial charge in [0.2, 0.25) is 5.91 Å².